The molecule has 0 bridgehead atoms. The van der Waals surface area contributed by atoms with Gasteiger partial charge in [0.15, 0.2) is 0 Å². The number of hydrogen-bond acceptors (Lipinski definition) is 2. The molecule has 0 spiro atoms. The van der Waals surface area contributed by atoms with E-state index in [2.05, 4.69) is 54.2 Å². The summed E-state index contributed by atoms with van der Waals surface area (Å²) in [4.78, 5) is 4.70. The number of nitrogens with zero attached hydrogens (tertiary/aromatic N) is 2. The first-order valence-electron chi connectivity index (χ1n) is 6.45. The topological polar surface area (TPSA) is 29.9 Å². The minimum Gasteiger partial charge on any atom is -0.330 e. The Morgan fingerprint density at radius 3 is 2.56 bits per heavy atom. The zero-order valence-corrected chi connectivity index (χ0v) is 11.4. The van der Waals surface area contributed by atoms with Crippen molar-refractivity contribution in [1.29, 1.82) is 0 Å². The standard InChI is InChI=1S/C15H21N3/c1-12(2)15-17-14(9-16-3)11-18(15)10-13-7-5-4-6-8-13/h4-8,11-12,16H,9-10H2,1-3H3. The van der Waals surface area contributed by atoms with Crippen LogP contribution in [0.1, 0.15) is 36.8 Å². The molecule has 0 amide bonds. The van der Waals surface area contributed by atoms with Gasteiger partial charge in [0.2, 0.25) is 0 Å². The van der Waals surface area contributed by atoms with E-state index in [-0.39, 0.29) is 0 Å². The predicted octanol–water partition coefficient (Wildman–Crippen LogP) is 2.77. The van der Waals surface area contributed by atoms with Gasteiger partial charge in [-0.2, -0.15) is 0 Å². The second-order valence-electron chi connectivity index (χ2n) is 4.89. The molecular weight excluding hydrogens is 222 g/mol. The molecular formula is C15H21N3. The number of benzene rings is 1. The van der Waals surface area contributed by atoms with Crippen LogP contribution in [0.2, 0.25) is 0 Å². The van der Waals surface area contributed by atoms with Gasteiger partial charge in [-0.3, -0.25) is 0 Å². The number of aromatic nitrogens is 2. The highest BCUT2D eigenvalue weighted by atomic mass is 15.1. The third-order valence-electron chi connectivity index (χ3n) is 2.93. The summed E-state index contributed by atoms with van der Waals surface area (Å²) in [6, 6.07) is 10.5. The van der Waals surface area contributed by atoms with Crippen LogP contribution >= 0.6 is 0 Å². The predicted molar refractivity (Wildman–Crippen MR) is 74.6 cm³/mol. The van der Waals surface area contributed by atoms with Crippen LogP contribution in [-0.2, 0) is 13.1 Å². The highest BCUT2D eigenvalue weighted by Gasteiger charge is 2.11. The lowest BCUT2D eigenvalue weighted by Crippen LogP contribution is -2.05. The smallest absolute Gasteiger partial charge is 0.111 e. The molecule has 0 unspecified atom stereocenters. The second-order valence-corrected chi connectivity index (χ2v) is 4.89. The average Bonchev–Trinajstić information content (AvgIpc) is 2.74. The monoisotopic (exact) mass is 243 g/mol. The molecule has 1 heterocycles. The maximum absolute atomic E-state index is 4.70. The van der Waals surface area contributed by atoms with Gasteiger partial charge in [-0.05, 0) is 12.6 Å². The van der Waals surface area contributed by atoms with Gasteiger partial charge in [-0.1, -0.05) is 44.2 Å². The summed E-state index contributed by atoms with van der Waals surface area (Å²) in [5.41, 5.74) is 2.42. The van der Waals surface area contributed by atoms with Crippen molar-refractivity contribution in [3.05, 3.63) is 53.6 Å². The van der Waals surface area contributed by atoms with Gasteiger partial charge < -0.3 is 9.88 Å². The van der Waals surface area contributed by atoms with E-state index in [0.29, 0.717) is 5.92 Å². The molecule has 3 heteroatoms. The first-order chi connectivity index (χ1) is 8.70. The summed E-state index contributed by atoms with van der Waals surface area (Å²) < 4.78 is 2.26. The molecule has 2 aromatic rings. The molecule has 1 aromatic carbocycles. The maximum atomic E-state index is 4.70. The number of nitrogens with one attached hydrogen (secondary N) is 1. The Kier molecular flexibility index (Phi) is 4.15. The molecule has 0 saturated carbocycles. The van der Waals surface area contributed by atoms with Gasteiger partial charge in [0, 0.05) is 25.2 Å². The molecule has 0 aliphatic carbocycles. The van der Waals surface area contributed by atoms with E-state index >= 15 is 0 Å². The summed E-state index contributed by atoms with van der Waals surface area (Å²) in [6.45, 7) is 6.09. The first-order valence-corrected chi connectivity index (χ1v) is 6.45. The third kappa shape index (κ3) is 2.99. The average molecular weight is 243 g/mol. The third-order valence-corrected chi connectivity index (χ3v) is 2.93. The number of imidazole rings is 1. The van der Waals surface area contributed by atoms with Crippen LogP contribution in [0.15, 0.2) is 36.5 Å². The van der Waals surface area contributed by atoms with E-state index in [9.17, 15) is 0 Å². The Balaban J connectivity index is 2.25. The Labute approximate surface area is 109 Å². The van der Waals surface area contributed by atoms with Gasteiger partial charge >= 0.3 is 0 Å². The molecule has 96 valence electrons. The van der Waals surface area contributed by atoms with Crippen molar-refractivity contribution in [3.8, 4) is 0 Å². The zero-order valence-electron chi connectivity index (χ0n) is 11.4. The van der Waals surface area contributed by atoms with E-state index in [0.717, 1.165) is 24.6 Å². The summed E-state index contributed by atoms with van der Waals surface area (Å²) in [5, 5.41) is 3.15. The van der Waals surface area contributed by atoms with Crippen molar-refractivity contribution >= 4 is 0 Å². The Hall–Kier alpha value is -1.61. The van der Waals surface area contributed by atoms with Crippen LogP contribution in [0.3, 0.4) is 0 Å². The molecule has 0 fully saturated rings. The summed E-state index contributed by atoms with van der Waals surface area (Å²) in [5.74, 6) is 1.60. The Bertz CT molecular complexity index is 486. The molecule has 0 atom stereocenters. The van der Waals surface area contributed by atoms with Crippen molar-refractivity contribution in [3.63, 3.8) is 0 Å². The van der Waals surface area contributed by atoms with Crippen LogP contribution < -0.4 is 5.32 Å². The van der Waals surface area contributed by atoms with E-state index in [4.69, 9.17) is 4.98 Å². The fourth-order valence-electron chi connectivity index (χ4n) is 2.12. The highest BCUT2D eigenvalue weighted by molar-refractivity contribution is 5.17. The normalized spacial score (nSPS) is 11.1. The molecule has 3 nitrogen and oxygen atoms in total. The Morgan fingerprint density at radius 2 is 1.94 bits per heavy atom. The van der Waals surface area contributed by atoms with Gasteiger partial charge in [-0.25, -0.2) is 4.98 Å². The first kappa shape index (κ1) is 12.8. The van der Waals surface area contributed by atoms with Crippen LogP contribution in [-0.4, -0.2) is 16.6 Å². The minimum atomic E-state index is 0.444. The molecule has 0 aliphatic heterocycles. The van der Waals surface area contributed by atoms with Gasteiger partial charge in [0.25, 0.3) is 0 Å². The van der Waals surface area contributed by atoms with Gasteiger partial charge in [-0.15, -0.1) is 0 Å². The lowest BCUT2D eigenvalue weighted by molar-refractivity contribution is 0.669. The summed E-state index contributed by atoms with van der Waals surface area (Å²) in [7, 11) is 1.95. The largest absolute Gasteiger partial charge is 0.330 e. The van der Waals surface area contributed by atoms with Crippen molar-refractivity contribution in [2.24, 2.45) is 0 Å². The quantitative estimate of drug-likeness (QED) is 0.875. The molecule has 1 N–H and O–H groups in total. The lowest BCUT2D eigenvalue weighted by atomic mass is 10.2. The Morgan fingerprint density at radius 1 is 1.22 bits per heavy atom. The van der Waals surface area contributed by atoms with Crippen LogP contribution in [0.4, 0.5) is 0 Å². The molecule has 2 rings (SSSR count). The second kappa shape index (κ2) is 5.83. The summed E-state index contributed by atoms with van der Waals surface area (Å²) in [6.07, 6.45) is 2.15. The lowest BCUT2D eigenvalue weighted by Gasteiger charge is -2.09. The molecule has 0 radical (unpaired) electrons. The summed E-state index contributed by atoms with van der Waals surface area (Å²) >= 11 is 0. The highest BCUT2D eigenvalue weighted by Crippen LogP contribution is 2.16. The number of hydrogen-bond donors (Lipinski definition) is 1. The molecule has 0 saturated heterocycles. The van der Waals surface area contributed by atoms with E-state index in [1.165, 1.54) is 5.56 Å². The maximum Gasteiger partial charge on any atom is 0.111 e. The van der Waals surface area contributed by atoms with E-state index < -0.39 is 0 Å². The van der Waals surface area contributed by atoms with Crippen molar-refractivity contribution in [1.82, 2.24) is 14.9 Å². The fraction of sp³-hybridized carbons (Fsp3) is 0.400. The van der Waals surface area contributed by atoms with Crippen molar-refractivity contribution in [2.45, 2.75) is 32.9 Å². The van der Waals surface area contributed by atoms with Gasteiger partial charge in [0.05, 0.1) is 5.69 Å². The van der Waals surface area contributed by atoms with Crippen LogP contribution in [0.25, 0.3) is 0 Å². The zero-order chi connectivity index (χ0) is 13.0. The van der Waals surface area contributed by atoms with Crippen molar-refractivity contribution < 1.29 is 0 Å². The fourth-order valence-corrected chi connectivity index (χ4v) is 2.12. The van der Waals surface area contributed by atoms with Crippen LogP contribution in [0.5, 0.6) is 0 Å². The van der Waals surface area contributed by atoms with E-state index in [1.54, 1.807) is 0 Å². The SMILES string of the molecule is CNCc1cn(Cc2ccccc2)c(C(C)C)n1. The molecule has 0 aliphatic rings. The van der Waals surface area contributed by atoms with Crippen molar-refractivity contribution in [2.75, 3.05) is 7.05 Å². The molecule has 18 heavy (non-hydrogen) atoms. The van der Waals surface area contributed by atoms with Crippen LogP contribution in [0, 0.1) is 0 Å². The molecule has 1 aromatic heterocycles. The van der Waals surface area contributed by atoms with Gasteiger partial charge in [0.1, 0.15) is 5.82 Å². The van der Waals surface area contributed by atoms with E-state index in [1.807, 2.05) is 13.1 Å². The minimum absolute atomic E-state index is 0.444. The number of rotatable bonds is 5.